The van der Waals surface area contributed by atoms with Crippen molar-refractivity contribution in [3.05, 3.63) is 17.7 Å². The van der Waals surface area contributed by atoms with Crippen molar-refractivity contribution in [2.45, 2.75) is 0 Å². The van der Waals surface area contributed by atoms with E-state index >= 15 is 0 Å². The smallest absolute Gasteiger partial charge is 0.0782 e. The maximum absolute atomic E-state index is 5.54. The Bertz CT molecular complexity index is 336. The lowest BCUT2D eigenvalue weighted by Gasteiger charge is -2.03. The number of benzene rings is 1. The van der Waals surface area contributed by atoms with E-state index in [2.05, 4.69) is 12.0 Å². The molecule has 0 spiro atoms. The van der Waals surface area contributed by atoms with E-state index in [1.807, 2.05) is 0 Å². The van der Waals surface area contributed by atoms with Crippen LogP contribution in [-0.4, -0.2) is 0 Å². The van der Waals surface area contributed by atoms with Gasteiger partial charge in [-0.25, -0.2) is 0 Å². The van der Waals surface area contributed by atoms with E-state index in [-0.39, 0.29) is 0 Å². The summed E-state index contributed by atoms with van der Waals surface area (Å²) in [5, 5.41) is 0. The Labute approximate surface area is 70.5 Å². The summed E-state index contributed by atoms with van der Waals surface area (Å²) in [5.74, 6) is 2.63. The van der Waals surface area contributed by atoms with Gasteiger partial charge >= 0.3 is 0 Å². The van der Waals surface area contributed by atoms with Gasteiger partial charge in [0.15, 0.2) is 0 Å². The van der Waals surface area contributed by atoms with Crippen LogP contribution < -0.4 is 22.9 Å². The van der Waals surface area contributed by atoms with Crippen LogP contribution in [0.3, 0.4) is 0 Å². The van der Waals surface area contributed by atoms with Crippen molar-refractivity contribution in [1.29, 1.82) is 0 Å². The van der Waals surface area contributed by atoms with Crippen molar-refractivity contribution in [3.8, 4) is 12.0 Å². The summed E-state index contributed by atoms with van der Waals surface area (Å²) >= 11 is 0. The van der Waals surface area contributed by atoms with Crippen LogP contribution in [0.2, 0.25) is 0 Å². The van der Waals surface area contributed by atoms with Gasteiger partial charge in [0, 0.05) is 11.6 Å². The third kappa shape index (κ3) is 1.35. The van der Waals surface area contributed by atoms with Crippen LogP contribution >= 0.6 is 0 Å². The molecule has 0 aromatic heterocycles. The van der Waals surface area contributed by atoms with Crippen molar-refractivity contribution < 1.29 is 0 Å². The highest BCUT2D eigenvalue weighted by atomic mass is 14.7. The number of hydrogen-bond donors (Lipinski definition) is 4. The standard InChI is InChI=1S/C8H10N4/c9-2-1-5-3-6(10)8(12)7(11)4-5/h3-4H,9-12H2. The van der Waals surface area contributed by atoms with Gasteiger partial charge in [0.05, 0.1) is 17.1 Å². The van der Waals surface area contributed by atoms with Gasteiger partial charge in [-0.05, 0) is 18.1 Å². The molecule has 1 rings (SSSR count). The van der Waals surface area contributed by atoms with E-state index in [1.54, 1.807) is 12.1 Å². The molecule has 8 N–H and O–H groups in total. The summed E-state index contributed by atoms with van der Waals surface area (Å²) in [7, 11) is 0. The molecule has 1 aromatic rings. The van der Waals surface area contributed by atoms with Crippen LogP contribution in [-0.2, 0) is 0 Å². The first-order valence-corrected chi connectivity index (χ1v) is 3.31. The molecule has 4 nitrogen and oxygen atoms in total. The summed E-state index contributed by atoms with van der Waals surface area (Å²) in [5.41, 5.74) is 23.5. The second-order valence-electron chi connectivity index (χ2n) is 2.34. The lowest BCUT2D eigenvalue weighted by atomic mass is 10.1. The van der Waals surface area contributed by atoms with Crippen LogP contribution in [0.1, 0.15) is 5.56 Å². The number of nitrogens with two attached hydrogens (primary N) is 4. The quantitative estimate of drug-likeness (QED) is 0.239. The molecule has 0 aliphatic heterocycles. The van der Waals surface area contributed by atoms with Gasteiger partial charge in [-0.15, -0.1) is 0 Å². The molecule has 1 aromatic carbocycles. The van der Waals surface area contributed by atoms with Gasteiger partial charge in [0.1, 0.15) is 0 Å². The van der Waals surface area contributed by atoms with Gasteiger partial charge in [0.2, 0.25) is 0 Å². The Kier molecular flexibility index (Phi) is 1.97. The van der Waals surface area contributed by atoms with E-state index in [0.29, 0.717) is 22.6 Å². The fourth-order valence-corrected chi connectivity index (χ4v) is 0.854. The first-order valence-electron chi connectivity index (χ1n) is 3.31. The molecular weight excluding hydrogens is 152 g/mol. The van der Waals surface area contributed by atoms with Crippen molar-refractivity contribution in [2.75, 3.05) is 17.2 Å². The molecule has 0 aliphatic carbocycles. The van der Waals surface area contributed by atoms with E-state index in [1.165, 1.54) is 0 Å². The Morgan fingerprint density at radius 1 is 1.00 bits per heavy atom. The highest BCUT2D eigenvalue weighted by Crippen LogP contribution is 2.23. The van der Waals surface area contributed by atoms with Crippen molar-refractivity contribution >= 4 is 17.1 Å². The molecule has 0 amide bonds. The minimum atomic E-state index is 0.387. The molecule has 0 bridgehead atoms. The molecule has 4 heteroatoms. The zero-order valence-corrected chi connectivity index (χ0v) is 6.46. The maximum atomic E-state index is 5.54. The molecule has 0 aliphatic rings. The molecule has 62 valence electrons. The highest BCUT2D eigenvalue weighted by Gasteiger charge is 2.00. The number of hydrogen-bond acceptors (Lipinski definition) is 4. The monoisotopic (exact) mass is 162 g/mol. The summed E-state index contributed by atoms with van der Waals surface area (Å²) in [6, 6.07) is 5.52. The normalized spacial score (nSPS) is 8.67. The largest absolute Gasteiger partial charge is 0.397 e. The highest BCUT2D eigenvalue weighted by molar-refractivity contribution is 5.79. The number of anilines is 3. The average molecular weight is 162 g/mol. The van der Waals surface area contributed by atoms with Crippen LogP contribution in [0.25, 0.3) is 0 Å². The summed E-state index contributed by atoms with van der Waals surface area (Å²) in [4.78, 5) is 0. The Morgan fingerprint density at radius 2 is 1.50 bits per heavy atom. The third-order valence-corrected chi connectivity index (χ3v) is 1.46. The summed E-state index contributed by atoms with van der Waals surface area (Å²) in [6.45, 7) is 0. The fourth-order valence-electron chi connectivity index (χ4n) is 0.854. The Balaban J connectivity index is 3.27. The number of rotatable bonds is 0. The van der Waals surface area contributed by atoms with E-state index in [4.69, 9.17) is 22.9 Å². The van der Waals surface area contributed by atoms with Gasteiger partial charge < -0.3 is 22.9 Å². The van der Waals surface area contributed by atoms with Crippen LogP contribution in [0.15, 0.2) is 12.1 Å². The maximum Gasteiger partial charge on any atom is 0.0782 e. The van der Waals surface area contributed by atoms with E-state index in [9.17, 15) is 0 Å². The summed E-state index contributed by atoms with van der Waals surface area (Å²) < 4.78 is 0. The minimum Gasteiger partial charge on any atom is -0.397 e. The zero-order chi connectivity index (χ0) is 9.14. The van der Waals surface area contributed by atoms with E-state index in [0.717, 1.165) is 0 Å². The molecule has 0 heterocycles. The molecule has 0 saturated carbocycles. The molecule has 0 unspecified atom stereocenters. The summed E-state index contributed by atoms with van der Waals surface area (Å²) in [6.07, 6.45) is 0. The average Bonchev–Trinajstić information content (AvgIpc) is 2.01. The molecule has 0 atom stereocenters. The van der Waals surface area contributed by atoms with Crippen LogP contribution in [0.4, 0.5) is 17.1 Å². The van der Waals surface area contributed by atoms with Gasteiger partial charge in [0.25, 0.3) is 0 Å². The molecule has 12 heavy (non-hydrogen) atoms. The van der Waals surface area contributed by atoms with Gasteiger partial charge in [-0.2, -0.15) is 0 Å². The second kappa shape index (κ2) is 2.93. The number of nitrogen functional groups attached to an aromatic ring is 3. The van der Waals surface area contributed by atoms with Gasteiger partial charge in [-0.3, -0.25) is 0 Å². The second-order valence-corrected chi connectivity index (χ2v) is 2.34. The topological polar surface area (TPSA) is 104 Å². The SMILES string of the molecule is NC#Cc1cc(N)c(N)c(N)c1. The minimum absolute atomic E-state index is 0.387. The van der Waals surface area contributed by atoms with Crippen LogP contribution in [0.5, 0.6) is 0 Å². The lowest BCUT2D eigenvalue weighted by Crippen LogP contribution is -2.00. The Hall–Kier alpha value is -2.02. The first-order chi connectivity index (χ1) is 5.65. The van der Waals surface area contributed by atoms with E-state index < -0.39 is 0 Å². The zero-order valence-electron chi connectivity index (χ0n) is 6.46. The first kappa shape index (κ1) is 8.08. The van der Waals surface area contributed by atoms with Crippen LogP contribution in [0, 0.1) is 12.0 Å². The van der Waals surface area contributed by atoms with Crippen molar-refractivity contribution in [3.63, 3.8) is 0 Å². The van der Waals surface area contributed by atoms with Crippen molar-refractivity contribution in [2.24, 2.45) is 5.73 Å². The third-order valence-electron chi connectivity index (χ3n) is 1.46. The fraction of sp³-hybridized carbons (Fsp3) is 0. The molecule has 0 fully saturated rings. The predicted molar refractivity (Wildman–Crippen MR) is 50.7 cm³/mol. The molecular formula is C8H10N4. The Morgan fingerprint density at radius 3 is 1.92 bits per heavy atom. The molecule has 0 radical (unpaired) electrons. The van der Waals surface area contributed by atoms with Gasteiger partial charge in [-0.1, -0.05) is 0 Å². The van der Waals surface area contributed by atoms with Crippen molar-refractivity contribution in [1.82, 2.24) is 0 Å². The lowest BCUT2D eigenvalue weighted by molar-refractivity contribution is 1.60. The predicted octanol–water partition coefficient (Wildman–Crippen LogP) is -0.299. The molecule has 0 saturated heterocycles.